The zero-order valence-electron chi connectivity index (χ0n) is 9.64. The van der Waals surface area contributed by atoms with E-state index in [-0.39, 0.29) is 12.5 Å². The minimum atomic E-state index is -1.04. The maximum Gasteiger partial charge on any atom is 0.327 e. The molecule has 5 nitrogen and oxygen atoms in total. The number of carboxylic acid groups (broad SMARTS) is 1. The number of amides is 1. The summed E-state index contributed by atoms with van der Waals surface area (Å²) >= 11 is 0. The Morgan fingerprint density at radius 3 is 2.47 bits per heavy atom. The molecule has 0 aromatic heterocycles. The maximum atomic E-state index is 10.8. The van der Waals surface area contributed by atoms with Crippen LogP contribution in [0, 0.1) is 0 Å². The van der Waals surface area contributed by atoms with Crippen molar-refractivity contribution in [2.24, 2.45) is 0 Å². The van der Waals surface area contributed by atoms with Crippen LogP contribution in [0.25, 0.3) is 0 Å². The van der Waals surface area contributed by atoms with E-state index in [1.807, 2.05) is 30.3 Å². The second-order valence-corrected chi connectivity index (χ2v) is 3.71. The lowest BCUT2D eigenvalue weighted by atomic mass is 10.2. The van der Waals surface area contributed by atoms with Gasteiger partial charge in [-0.2, -0.15) is 0 Å². The van der Waals surface area contributed by atoms with Crippen molar-refractivity contribution in [3.8, 4) is 0 Å². The summed E-state index contributed by atoms with van der Waals surface area (Å²) in [6.07, 6.45) is 0. The van der Waals surface area contributed by atoms with E-state index in [4.69, 9.17) is 5.11 Å². The molecule has 17 heavy (non-hydrogen) atoms. The molecule has 1 aromatic rings. The van der Waals surface area contributed by atoms with Gasteiger partial charge in [-0.25, -0.2) is 4.79 Å². The number of nitrogens with one attached hydrogen (secondary N) is 2. The molecule has 0 fully saturated rings. The summed E-state index contributed by atoms with van der Waals surface area (Å²) in [6.45, 7) is 2.07. The number of carbonyl (C=O) groups is 2. The summed E-state index contributed by atoms with van der Waals surface area (Å²) < 4.78 is 0. The fraction of sp³-hybridized carbons (Fsp3) is 0.333. The van der Waals surface area contributed by atoms with Gasteiger partial charge in [-0.15, -0.1) is 0 Å². The Kier molecular flexibility index (Phi) is 5.16. The van der Waals surface area contributed by atoms with Gasteiger partial charge in [-0.1, -0.05) is 30.3 Å². The second kappa shape index (κ2) is 6.65. The molecule has 0 bridgehead atoms. The lowest BCUT2D eigenvalue weighted by Crippen LogP contribution is -2.46. The van der Waals surface area contributed by atoms with Crippen LogP contribution in [0.1, 0.15) is 12.5 Å². The van der Waals surface area contributed by atoms with Gasteiger partial charge in [-0.05, 0) is 5.56 Å². The molecule has 0 aliphatic carbocycles. The van der Waals surface area contributed by atoms with Crippen molar-refractivity contribution in [1.82, 2.24) is 10.6 Å². The Morgan fingerprint density at radius 2 is 1.94 bits per heavy atom. The average molecular weight is 236 g/mol. The summed E-state index contributed by atoms with van der Waals surface area (Å²) in [7, 11) is 0. The molecule has 1 amide bonds. The predicted octanol–water partition coefficient (Wildman–Crippen LogP) is 0.365. The maximum absolute atomic E-state index is 10.8. The Hall–Kier alpha value is -1.88. The molecule has 3 N–H and O–H groups in total. The minimum Gasteiger partial charge on any atom is -0.480 e. The van der Waals surface area contributed by atoms with E-state index in [1.165, 1.54) is 6.92 Å². The molecule has 0 spiro atoms. The number of hydrogen-bond acceptors (Lipinski definition) is 3. The van der Waals surface area contributed by atoms with Crippen molar-refractivity contribution in [1.29, 1.82) is 0 Å². The number of carboxylic acids is 1. The number of benzene rings is 1. The van der Waals surface area contributed by atoms with E-state index in [9.17, 15) is 9.59 Å². The Morgan fingerprint density at radius 1 is 1.29 bits per heavy atom. The first kappa shape index (κ1) is 13.2. The van der Waals surface area contributed by atoms with E-state index < -0.39 is 12.0 Å². The lowest BCUT2D eigenvalue weighted by molar-refractivity contribution is -0.141. The van der Waals surface area contributed by atoms with Gasteiger partial charge in [0.2, 0.25) is 5.91 Å². The fourth-order valence-corrected chi connectivity index (χ4v) is 1.40. The van der Waals surface area contributed by atoms with E-state index in [2.05, 4.69) is 10.6 Å². The third-order valence-electron chi connectivity index (χ3n) is 2.20. The summed E-state index contributed by atoms with van der Waals surface area (Å²) in [5.41, 5.74) is 1.07. The quantitative estimate of drug-likeness (QED) is 0.666. The summed E-state index contributed by atoms with van der Waals surface area (Å²) in [6, 6.07) is 8.75. The molecular formula is C12H16N2O3. The summed E-state index contributed by atoms with van der Waals surface area (Å²) in [5.74, 6) is -1.39. The van der Waals surface area contributed by atoms with Crippen LogP contribution in [-0.4, -0.2) is 29.6 Å². The molecule has 0 radical (unpaired) electrons. The third-order valence-corrected chi connectivity index (χ3v) is 2.20. The SMILES string of the molecule is CC(=O)NC(CNCc1ccccc1)C(=O)O. The molecule has 1 unspecified atom stereocenters. The van der Waals surface area contributed by atoms with E-state index in [0.717, 1.165) is 5.56 Å². The average Bonchev–Trinajstić information content (AvgIpc) is 2.28. The number of hydrogen-bond donors (Lipinski definition) is 3. The number of rotatable bonds is 6. The van der Waals surface area contributed by atoms with Crippen LogP contribution in [0.2, 0.25) is 0 Å². The van der Waals surface area contributed by atoms with Gasteiger partial charge in [0.05, 0.1) is 0 Å². The second-order valence-electron chi connectivity index (χ2n) is 3.71. The predicted molar refractivity (Wildman–Crippen MR) is 63.4 cm³/mol. The molecule has 0 heterocycles. The normalized spacial score (nSPS) is 11.8. The highest BCUT2D eigenvalue weighted by atomic mass is 16.4. The lowest BCUT2D eigenvalue weighted by Gasteiger charge is -2.14. The van der Waals surface area contributed by atoms with Crippen LogP contribution in [0.15, 0.2) is 30.3 Å². The standard InChI is InChI=1S/C12H16N2O3/c1-9(15)14-11(12(16)17)8-13-7-10-5-3-2-4-6-10/h2-6,11,13H,7-8H2,1H3,(H,14,15)(H,16,17). The minimum absolute atomic E-state index is 0.198. The smallest absolute Gasteiger partial charge is 0.327 e. The van der Waals surface area contributed by atoms with Crippen LogP contribution < -0.4 is 10.6 Å². The Labute approximate surface area is 99.8 Å². The first-order valence-electron chi connectivity index (χ1n) is 5.34. The van der Waals surface area contributed by atoms with E-state index >= 15 is 0 Å². The van der Waals surface area contributed by atoms with Gasteiger partial charge >= 0.3 is 5.97 Å². The number of carbonyl (C=O) groups excluding carboxylic acids is 1. The summed E-state index contributed by atoms with van der Waals surface area (Å²) in [5, 5.41) is 14.2. The van der Waals surface area contributed by atoms with Gasteiger partial charge in [-0.3, -0.25) is 4.79 Å². The molecular weight excluding hydrogens is 220 g/mol. The first-order valence-corrected chi connectivity index (χ1v) is 5.34. The molecule has 92 valence electrons. The van der Waals surface area contributed by atoms with E-state index in [1.54, 1.807) is 0 Å². The number of aliphatic carboxylic acids is 1. The molecule has 0 aliphatic rings. The third kappa shape index (κ3) is 5.12. The van der Waals surface area contributed by atoms with Gasteiger partial charge in [0.1, 0.15) is 6.04 Å². The zero-order valence-corrected chi connectivity index (χ0v) is 9.64. The molecule has 1 rings (SSSR count). The zero-order chi connectivity index (χ0) is 12.7. The molecule has 1 atom stereocenters. The van der Waals surface area contributed by atoms with Gasteiger partial charge in [0, 0.05) is 20.0 Å². The Bertz CT molecular complexity index is 379. The highest BCUT2D eigenvalue weighted by molar-refractivity contribution is 5.82. The van der Waals surface area contributed by atoms with Crippen LogP contribution in [0.4, 0.5) is 0 Å². The highest BCUT2D eigenvalue weighted by Gasteiger charge is 2.17. The fourth-order valence-electron chi connectivity index (χ4n) is 1.40. The largest absolute Gasteiger partial charge is 0.480 e. The summed E-state index contributed by atoms with van der Waals surface area (Å²) in [4.78, 5) is 21.6. The first-order chi connectivity index (χ1) is 8.09. The Balaban J connectivity index is 2.37. The molecule has 5 heteroatoms. The van der Waals surface area contributed by atoms with Crippen LogP contribution in [0.5, 0.6) is 0 Å². The van der Waals surface area contributed by atoms with Crippen molar-refractivity contribution in [3.05, 3.63) is 35.9 Å². The van der Waals surface area contributed by atoms with Crippen molar-refractivity contribution in [3.63, 3.8) is 0 Å². The topological polar surface area (TPSA) is 78.4 Å². The van der Waals surface area contributed by atoms with Gasteiger partial charge in [0.15, 0.2) is 0 Å². The molecule has 1 aromatic carbocycles. The molecule has 0 saturated carbocycles. The highest BCUT2D eigenvalue weighted by Crippen LogP contribution is 1.97. The van der Waals surface area contributed by atoms with Crippen LogP contribution in [0.3, 0.4) is 0 Å². The van der Waals surface area contributed by atoms with Crippen LogP contribution in [-0.2, 0) is 16.1 Å². The van der Waals surface area contributed by atoms with Gasteiger partial charge < -0.3 is 15.7 Å². The van der Waals surface area contributed by atoms with Crippen molar-refractivity contribution in [2.45, 2.75) is 19.5 Å². The van der Waals surface area contributed by atoms with Crippen molar-refractivity contribution in [2.75, 3.05) is 6.54 Å². The molecule has 0 saturated heterocycles. The van der Waals surface area contributed by atoms with Crippen LogP contribution >= 0.6 is 0 Å². The van der Waals surface area contributed by atoms with Crippen molar-refractivity contribution < 1.29 is 14.7 Å². The monoisotopic (exact) mass is 236 g/mol. The van der Waals surface area contributed by atoms with Gasteiger partial charge in [0.25, 0.3) is 0 Å². The molecule has 0 aliphatic heterocycles. The van der Waals surface area contributed by atoms with E-state index in [0.29, 0.717) is 6.54 Å². The van der Waals surface area contributed by atoms with Crippen molar-refractivity contribution >= 4 is 11.9 Å².